The van der Waals surface area contributed by atoms with Gasteiger partial charge in [0.15, 0.2) is 0 Å². The summed E-state index contributed by atoms with van der Waals surface area (Å²) in [6.45, 7) is 9.04. The van der Waals surface area contributed by atoms with Gasteiger partial charge >= 0.3 is 0 Å². The molecule has 3 heteroatoms. The highest BCUT2D eigenvalue weighted by Gasteiger charge is 2.06. The highest BCUT2D eigenvalue weighted by Crippen LogP contribution is 2.21. The van der Waals surface area contributed by atoms with Gasteiger partial charge in [0.2, 0.25) is 0 Å². The Kier molecular flexibility index (Phi) is 4.97. The van der Waals surface area contributed by atoms with Crippen molar-refractivity contribution in [2.75, 3.05) is 17.2 Å². The van der Waals surface area contributed by atoms with Crippen LogP contribution >= 0.6 is 12.2 Å². The Morgan fingerprint density at radius 3 is 1.71 bits per heavy atom. The van der Waals surface area contributed by atoms with E-state index < -0.39 is 0 Å². The molecule has 2 rings (SSSR count). The van der Waals surface area contributed by atoms with Gasteiger partial charge in [-0.15, -0.1) is 0 Å². The first kappa shape index (κ1) is 15.5. The van der Waals surface area contributed by atoms with Gasteiger partial charge in [0, 0.05) is 11.4 Å². The molecule has 0 saturated carbocycles. The highest BCUT2D eigenvalue weighted by atomic mass is 32.1. The third kappa shape index (κ3) is 3.82. The van der Waals surface area contributed by atoms with Crippen molar-refractivity contribution in [1.82, 2.24) is 0 Å². The van der Waals surface area contributed by atoms with Crippen molar-refractivity contribution >= 4 is 28.6 Å². The van der Waals surface area contributed by atoms with E-state index in [-0.39, 0.29) is 0 Å². The minimum absolute atomic E-state index is 0.634. The number of hydrogen-bond acceptors (Lipinski definition) is 2. The predicted molar refractivity (Wildman–Crippen MR) is 96.5 cm³/mol. The molecule has 0 atom stereocenters. The van der Waals surface area contributed by atoms with Gasteiger partial charge in [0.05, 0.1) is 11.5 Å². The normalized spacial score (nSPS) is 10.3. The summed E-state index contributed by atoms with van der Waals surface area (Å²) in [6.07, 6.45) is 0. The molecule has 2 N–H and O–H groups in total. The van der Waals surface area contributed by atoms with Crippen LogP contribution in [0.5, 0.6) is 0 Å². The average Bonchev–Trinajstić information content (AvgIpc) is 2.42. The van der Waals surface area contributed by atoms with E-state index in [2.05, 4.69) is 74.7 Å². The second-order valence-corrected chi connectivity index (χ2v) is 5.93. The zero-order valence-electron chi connectivity index (χ0n) is 13.1. The lowest BCUT2D eigenvalue weighted by Gasteiger charge is -2.16. The minimum Gasteiger partial charge on any atom is -0.378 e. The molecule has 21 heavy (non-hydrogen) atoms. The number of nitrogens with one attached hydrogen (secondary N) is 2. The van der Waals surface area contributed by atoms with E-state index in [0.717, 1.165) is 10.7 Å². The SMILES string of the molecule is Cc1cccc(C)c1NCC(=S)Nc1c(C)cccc1C. The number of thiocarbonyl (C=S) groups is 1. The van der Waals surface area contributed by atoms with E-state index in [1.165, 1.54) is 27.9 Å². The Morgan fingerprint density at radius 2 is 1.24 bits per heavy atom. The van der Waals surface area contributed by atoms with Crippen LogP contribution < -0.4 is 10.6 Å². The molecule has 0 unspecified atom stereocenters. The molecule has 2 aromatic rings. The second kappa shape index (κ2) is 6.72. The smallest absolute Gasteiger partial charge is 0.0991 e. The molecule has 0 aliphatic heterocycles. The summed E-state index contributed by atoms with van der Waals surface area (Å²) >= 11 is 5.47. The van der Waals surface area contributed by atoms with Crippen LogP contribution in [0.2, 0.25) is 0 Å². The molecule has 0 aliphatic carbocycles. The third-order valence-electron chi connectivity index (χ3n) is 3.65. The number of benzene rings is 2. The van der Waals surface area contributed by atoms with Crippen molar-refractivity contribution in [2.24, 2.45) is 0 Å². The fourth-order valence-corrected chi connectivity index (χ4v) is 2.63. The molecule has 0 radical (unpaired) electrons. The maximum Gasteiger partial charge on any atom is 0.0991 e. The van der Waals surface area contributed by atoms with Crippen LogP contribution in [0.1, 0.15) is 22.3 Å². The molecular formula is C18H22N2S. The van der Waals surface area contributed by atoms with E-state index in [9.17, 15) is 0 Å². The maximum atomic E-state index is 5.47. The summed E-state index contributed by atoms with van der Waals surface area (Å²) in [7, 11) is 0. The number of anilines is 2. The Bertz CT molecular complexity index is 622. The van der Waals surface area contributed by atoms with Crippen LogP contribution in [0, 0.1) is 27.7 Å². The van der Waals surface area contributed by atoms with Crippen LogP contribution in [0.25, 0.3) is 0 Å². The van der Waals surface area contributed by atoms with Gasteiger partial charge < -0.3 is 10.6 Å². The van der Waals surface area contributed by atoms with Gasteiger partial charge in [-0.3, -0.25) is 0 Å². The molecule has 0 spiro atoms. The standard InChI is InChI=1S/C18H22N2S/c1-12-7-5-8-13(2)17(12)19-11-16(21)20-18-14(3)9-6-10-15(18)4/h5-10,19H,11H2,1-4H3,(H,20,21). The van der Waals surface area contributed by atoms with Crippen molar-refractivity contribution < 1.29 is 0 Å². The van der Waals surface area contributed by atoms with Crippen LogP contribution in [0.15, 0.2) is 36.4 Å². The van der Waals surface area contributed by atoms with E-state index in [1.807, 2.05) is 0 Å². The fraction of sp³-hybridized carbons (Fsp3) is 0.278. The zero-order valence-corrected chi connectivity index (χ0v) is 13.9. The lowest BCUT2D eigenvalue weighted by atomic mass is 10.1. The summed E-state index contributed by atoms with van der Waals surface area (Å²) < 4.78 is 0. The van der Waals surface area contributed by atoms with E-state index >= 15 is 0 Å². The first-order chi connectivity index (χ1) is 9.99. The molecule has 0 heterocycles. The molecule has 0 aromatic heterocycles. The van der Waals surface area contributed by atoms with Crippen LogP contribution in [-0.2, 0) is 0 Å². The van der Waals surface area contributed by atoms with Crippen LogP contribution in [0.3, 0.4) is 0 Å². The molecule has 2 aromatic carbocycles. The molecule has 110 valence electrons. The van der Waals surface area contributed by atoms with E-state index in [0.29, 0.717) is 6.54 Å². The molecule has 0 aliphatic rings. The molecule has 0 amide bonds. The lowest BCUT2D eigenvalue weighted by Crippen LogP contribution is -2.21. The molecule has 0 fully saturated rings. The van der Waals surface area contributed by atoms with E-state index in [4.69, 9.17) is 12.2 Å². The highest BCUT2D eigenvalue weighted by molar-refractivity contribution is 7.80. The van der Waals surface area contributed by atoms with Gasteiger partial charge in [0.1, 0.15) is 0 Å². The monoisotopic (exact) mass is 298 g/mol. The van der Waals surface area contributed by atoms with Crippen molar-refractivity contribution in [3.05, 3.63) is 58.7 Å². The Labute approximate surface area is 132 Å². The molecule has 0 bridgehead atoms. The van der Waals surface area contributed by atoms with Gasteiger partial charge in [-0.2, -0.15) is 0 Å². The molecular weight excluding hydrogens is 276 g/mol. The van der Waals surface area contributed by atoms with Gasteiger partial charge in [-0.05, 0) is 49.9 Å². The first-order valence-corrected chi connectivity index (χ1v) is 7.56. The van der Waals surface area contributed by atoms with Crippen LogP contribution in [-0.4, -0.2) is 11.5 Å². The summed E-state index contributed by atoms with van der Waals surface area (Å²) in [4.78, 5) is 0.801. The van der Waals surface area contributed by atoms with E-state index in [1.54, 1.807) is 0 Å². The average molecular weight is 298 g/mol. The quantitative estimate of drug-likeness (QED) is 0.795. The predicted octanol–water partition coefficient (Wildman–Crippen LogP) is 4.77. The van der Waals surface area contributed by atoms with Gasteiger partial charge in [-0.1, -0.05) is 48.6 Å². The van der Waals surface area contributed by atoms with Crippen molar-refractivity contribution in [2.45, 2.75) is 27.7 Å². The number of rotatable bonds is 4. The first-order valence-electron chi connectivity index (χ1n) is 7.15. The second-order valence-electron chi connectivity index (χ2n) is 5.44. The summed E-state index contributed by atoms with van der Waals surface area (Å²) in [5, 5.41) is 6.79. The zero-order chi connectivity index (χ0) is 15.4. The van der Waals surface area contributed by atoms with Crippen molar-refractivity contribution in [1.29, 1.82) is 0 Å². The Balaban J connectivity index is 2.03. The number of hydrogen-bond donors (Lipinski definition) is 2. The Hall–Kier alpha value is -1.87. The van der Waals surface area contributed by atoms with Gasteiger partial charge in [0.25, 0.3) is 0 Å². The van der Waals surface area contributed by atoms with Crippen molar-refractivity contribution in [3.63, 3.8) is 0 Å². The lowest BCUT2D eigenvalue weighted by molar-refractivity contribution is 1.29. The largest absolute Gasteiger partial charge is 0.378 e. The number of aryl methyl sites for hydroxylation is 4. The maximum absolute atomic E-state index is 5.47. The summed E-state index contributed by atoms with van der Waals surface area (Å²) in [5.74, 6) is 0. The summed E-state index contributed by atoms with van der Waals surface area (Å²) in [6, 6.07) is 12.5. The fourth-order valence-electron chi connectivity index (χ4n) is 2.46. The van der Waals surface area contributed by atoms with Crippen molar-refractivity contribution in [3.8, 4) is 0 Å². The minimum atomic E-state index is 0.634. The van der Waals surface area contributed by atoms with Crippen LogP contribution in [0.4, 0.5) is 11.4 Å². The molecule has 0 saturated heterocycles. The van der Waals surface area contributed by atoms with Gasteiger partial charge in [-0.25, -0.2) is 0 Å². The topological polar surface area (TPSA) is 24.1 Å². The Morgan fingerprint density at radius 1 is 0.810 bits per heavy atom. The third-order valence-corrected chi connectivity index (χ3v) is 3.90. The summed E-state index contributed by atoms with van der Waals surface area (Å²) in [5.41, 5.74) is 7.19. The number of para-hydroxylation sites is 2. The molecule has 2 nitrogen and oxygen atoms in total.